The Morgan fingerprint density at radius 2 is 1.90 bits per heavy atom. The van der Waals surface area contributed by atoms with E-state index >= 15 is 0 Å². The van der Waals surface area contributed by atoms with E-state index in [0.717, 1.165) is 50.2 Å². The van der Waals surface area contributed by atoms with Crippen molar-refractivity contribution in [1.29, 1.82) is 0 Å². The van der Waals surface area contributed by atoms with E-state index in [9.17, 15) is 0 Å². The van der Waals surface area contributed by atoms with E-state index in [4.69, 9.17) is 15.2 Å². The molecule has 0 saturated heterocycles. The normalized spacial score (nSPS) is 13.8. The van der Waals surface area contributed by atoms with Crippen LogP contribution in [0.4, 0.5) is 0 Å². The predicted molar refractivity (Wildman–Crippen MR) is 89.2 cm³/mol. The van der Waals surface area contributed by atoms with Gasteiger partial charge in [0, 0.05) is 12.1 Å². The minimum atomic E-state index is 0.177. The average Bonchev–Trinajstić information content (AvgIpc) is 2.47. The van der Waals surface area contributed by atoms with Crippen LogP contribution in [0.15, 0.2) is 18.2 Å². The van der Waals surface area contributed by atoms with Crippen molar-refractivity contribution in [3.05, 3.63) is 23.8 Å². The Bertz CT molecular complexity index is 406. The first-order chi connectivity index (χ1) is 10.1. The van der Waals surface area contributed by atoms with Crippen LogP contribution in [-0.2, 0) is 6.42 Å². The molecular weight excluding hydrogens is 262 g/mol. The van der Waals surface area contributed by atoms with Crippen molar-refractivity contribution in [3.63, 3.8) is 0 Å². The second-order valence-corrected chi connectivity index (χ2v) is 5.71. The second kappa shape index (κ2) is 9.67. The zero-order valence-electron chi connectivity index (χ0n) is 14.0. The molecule has 2 atom stereocenters. The van der Waals surface area contributed by atoms with Crippen molar-refractivity contribution in [2.45, 2.75) is 71.9 Å². The van der Waals surface area contributed by atoms with Gasteiger partial charge < -0.3 is 15.2 Å². The number of hydrogen-bond donors (Lipinski definition) is 1. The highest BCUT2D eigenvalue weighted by molar-refractivity contribution is 5.41. The molecule has 3 heteroatoms. The van der Waals surface area contributed by atoms with Crippen molar-refractivity contribution in [1.82, 2.24) is 0 Å². The molecule has 3 nitrogen and oxygen atoms in total. The molecule has 0 aliphatic heterocycles. The van der Waals surface area contributed by atoms with Gasteiger partial charge in [0.05, 0.1) is 12.7 Å². The Kier molecular flexibility index (Phi) is 8.21. The molecule has 0 radical (unpaired) electrons. The van der Waals surface area contributed by atoms with Gasteiger partial charge in [0.2, 0.25) is 0 Å². The summed E-state index contributed by atoms with van der Waals surface area (Å²) in [5.41, 5.74) is 7.27. The summed E-state index contributed by atoms with van der Waals surface area (Å²) in [6, 6.07) is 6.30. The molecule has 0 fully saturated rings. The molecule has 0 aliphatic rings. The van der Waals surface area contributed by atoms with Gasteiger partial charge in [-0.3, -0.25) is 0 Å². The van der Waals surface area contributed by atoms with Gasteiger partial charge in [-0.15, -0.1) is 0 Å². The van der Waals surface area contributed by atoms with Crippen molar-refractivity contribution >= 4 is 0 Å². The van der Waals surface area contributed by atoms with Crippen molar-refractivity contribution in [2.24, 2.45) is 5.73 Å². The van der Waals surface area contributed by atoms with Gasteiger partial charge in [0.25, 0.3) is 0 Å². The number of rotatable bonds is 10. The van der Waals surface area contributed by atoms with Crippen LogP contribution < -0.4 is 15.2 Å². The molecule has 1 aromatic rings. The van der Waals surface area contributed by atoms with Crippen LogP contribution in [0.2, 0.25) is 0 Å². The molecule has 21 heavy (non-hydrogen) atoms. The highest BCUT2D eigenvalue weighted by atomic mass is 16.5. The smallest absolute Gasteiger partial charge is 0.126 e. The Hall–Kier alpha value is -1.22. The highest BCUT2D eigenvalue weighted by Crippen LogP contribution is 2.28. The summed E-state index contributed by atoms with van der Waals surface area (Å²) in [4.78, 5) is 0. The molecule has 0 amide bonds. The van der Waals surface area contributed by atoms with Crippen LogP contribution in [0.25, 0.3) is 0 Å². The molecule has 120 valence electrons. The fourth-order valence-electron chi connectivity index (χ4n) is 2.23. The van der Waals surface area contributed by atoms with E-state index < -0.39 is 0 Å². The monoisotopic (exact) mass is 293 g/mol. The maximum absolute atomic E-state index is 6.12. The Morgan fingerprint density at radius 3 is 2.52 bits per heavy atom. The standard InChI is InChI=1S/C18H31NO2/c1-5-8-14(4)21-18-13-17(20-11-6-2)10-9-15(18)12-16(19)7-3/h9-10,13-14,16H,5-8,11-12,19H2,1-4H3. The molecule has 2 N–H and O–H groups in total. The van der Waals surface area contributed by atoms with Gasteiger partial charge in [-0.1, -0.05) is 33.3 Å². The molecule has 0 spiro atoms. The highest BCUT2D eigenvalue weighted by Gasteiger charge is 2.12. The summed E-state index contributed by atoms with van der Waals surface area (Å²) in [6.45, 7) is 9.25. The molecular formula is C18H31NO2. The summed E-state index contributed by atoms with van der Waals surface area (Å²) < 4.78 is 11.8. The summed E-state index contributed by atoms with van der Waals surface area (Å²) in [5.74, 6) is 1.80. The molecule has 0 heterocycles. The molecule has 0 bridgehead atoms. The second-order valence-electron chi connectivity index (χ2n) is 5.71. The fraction of sp³-hybridized carbons (Fsp3) is 0.667. The first kappa shape index (κ1) is 17.8. The molecule has 0 aromatic heterocycles. The van der Waals surface area contributed by atoms with Gasteiger partial charge in [-0.05, 0) is 44.2 Å². The number of nitrogens with two attached hydrogens (primary N) is 1. The van der Waals surface area contributed by atoms with Crippen LogP contribution >= 0.6 is 0 Å². The van der Waals surface area contributed by atoms with E-state index in [1.54, 1.807) is 0 Å². The minimum absolute atomic E-state index is 0.177. The number of ether oxygens (including phenoxy) is 2. The summed E-state index contributed by atoms with van der Waals surface area (Å²) in [5, 5.41) is 0. The first-order valence-corrected chi connectivity index (χ1v) is 8.28. The maximum Gasteiger partial charge on any atom is 0.126 e. The van der Waals surface area contributed by atoms with E-state index in [1.165, 1.54) is 5.56 Å². The minimum Gasteiger partial charge on any atom is -0.493 e. The van der Waals surface area contributed by atoms with Crippen molar-refractivity contribution in [3.8, 4) is 11.5 Å². The van der Waals surface area contributed by atoms with E-state index in [-0.39, 0.29) is 12.1 Å². The van der Waals surface area contributed by atoms with Crippen LogP contribution in [0, 0.1) is 0 Å². The van der Waals surface area contributed by atoms with Crippen molar-refractivity contribution < 1.29 is 9.47 Å². The third kappa shape index (κ3) is 6.38. The zero-order chi connectivity index (χ0) is 15.7. The zero-order valence-corrected chi connectivity index (χ0v) is 14.0. The Labute approximate surface area is 129 Å². The first-order valence-electron chi connectivity index (χ1n) is 8.28. The summed E-state index contributed by atoms with van der Waals surface area (Å²) in [6.07, 6.45) is 5.21. The molecule has 1 rings (SSSR count). The average molecular weight is 293 g/mol. The molecule has 0 aliphatic carbocycles. The maximum atomic E-state index is 6.12. The van der Waals surface area contributed by atoms with Crippen LogP contribution in [-0.4, -0.2) is 18.8 Å². The molecule has 1 aromatic carbocycles. The van der Waals surface area contributed by atoms with Gasteiger partial charge in [0.15, 0.2) is 0 Å². The third-order valence-electron chi connectivity index (χ3n) is 3.54. The number of hydrogen-bond acceptors (Lipinski definition) is 3. The van der Waals surface area contributed by atoms with E-state index in [2.05, 4.69) is 33.8 Å². The summed E-state index contributed by atoms with van der Waals surface area (Å²) >= 11 is 0. The van der Waals surface area contributed by atoms with E-state index in [1.807, 2.05) is 12.1 Å². The lowest BCUT2D eigenvalue weighted by Gasteiger charge is -2.19. The quantitative estimate of drug-likeness (QED) is 0.698. The van der Waals surface area contributed by atoms with Crippen LogP contribution in [0.5, 0.6) is 11.5 Å². The van der Waals surface area contributed by atoms with Crippen LogP contribution in [0.1, 0.15) is 58.9 Å². The number of benzene rings is 1. The molecule has 2 unspecified atom stereocenters. The largest absolute Gasteiger partial charge is 0.493 e. The summed E-state index contributed by atoms with van der Waals surface area (Å²) in [7, 11) is 0. The SMILES string of the molecule is CCCOc1ccc(CC(N)CC)c(OC(C)CCC)c1. The van der Waals surface area contributed by atoms with Gasteiger partial charge in [0.1, 0.15) is 11.5 Å². The Balaban J connectivity index is 2.88. The Morgan fingerprint density at radius 1 is 1.14 bits per heavy atom. The lowest BCUT2D eigenvalue weighted by molar-refractivity contribution is 0.206. The third-order valence-corrected chi connectivity index (χ3v) is 3.54. The fourth-order valence-corrected chi connectivity index (χ4v) is 2.23. The van der Waals surface area contributed by atoms with Crippen molar-refractivity contribution in [2.75, 3.05) is 6.61 Å². The topological polar surface area (TPSA) is 44.5 Å². The van der Waals surface area contributed by atoms with Gasteiger partial charge >= 0.3 is 0 Å². The van der Waals surface area contributed by atoms with Gasteiger partial charge in [-0.2, -0.15) is 0 Å². The lowest BCUT2D eigenvalue weighted by Crippen LogP contribution is -2.22. The lowest BCUT2D eigenvalue weighted by atomic mass is 10.0. The van der Waals surface area contributed by atoms with Gasteiger partial charge in [-0.25, -0.2) is 0 Å². The van der Waals surface area contributed by atoms with E-state index in [0.29, 0.717) is 0 Å². The van der Waals surface area contributed by atoms with Crippen LogP contribution in [0.3, 0.4) is 0 Å². The predicted octanol–water partition coefficient (Wildman–Crippen LogP) is 4.32. The molecule has 0 saturated carbocycles.